The fourth-order valence-corrected chi connectivity index (χ4v) is 2.08. The molecule has 1 saturated carbocycles. The van der Waals surface area contributed by atoms with Gasteiger partial charge >= 0.3 is 0 Å². The highest BCUT2D eigenvalue weighted by atomic mass is 15.1. The molecule has 0 bridgehead atoms. The average molecular weight is 194 g/mol. The van der Waals surface area contributed by atoms with Crippen molar-refractivity contribution in [2.24, 2.45) is 5.73 Å². The molecule has 80 valence electrons. The summed E-state index contributed by atoms with van der Waals surface area (Å²) < 4.78 is 0. The van der Waals surface area contributed by atoms with E-state index in [1.54, 1.807) is 0 Å². The fraction of sp³-hybridized carbons (Fsp3) is 0.833. The van der Waals surface area contributed by atoms with Crippen LogP contribution in [0.1, 0.15) is 39.0 Å². The minimum Gasteiger partial charge on any atom is -0.328 e. The quantitative estimate of drug-likeness (QED) is 0.691. The van der Waals surface area contributed by atoms with Crippen LogP contribution in [0.4, 0.5) is 0 Å². The van der Waals surface area contributed by atoms with Crippen molar-refractivity contribution < 1.29 is 0 Å². The van der Waals surface area contributed by atoms with Gasteiger partial charge in [0.05, 0.1) is 0 Å². The molecule has 0 spiro atoms. The summed E-state index contributed by atoms with van der Waals surface area (Å²) in [7, 11) is 2.21. The third-order valence-electron chi connectivity index (χ3n) is 3.13. The Bertz CT molecular complexity index is 206. The lowest BCUT2D eigenvalue weighted by atomic mass is 9.91. The second kappa shape index (κ2) is 6.06. The SMILES string of the molecule is CC#CCCN(C)C1CCC(N)CC1. The zero-order chi connectivity index (χ0) is 10.4. The van der Waals surface area contributed by atoms with E-state index in [0.717, 1.165) is 19.0 Å². The minimum absolute atomic E-state index is 0.454. The van der Waals surface area contributed by atoms with Crippen molar-refractivity contribution in [1.82, 2.24) is 4.90 Å². The summed E-state index contributed by atoms with van der Waals surface area (Å²) >= 11 is 0. The molecule has 0 amide bonds. The molecule has 0 radical (unpaired) electrons. The normalized spacial score (nSPS) is 27.1. The van der Waals surface area contributed by atoms with Gasteiger partial charge in [0.15, 0.2) is 0 Å². The monoisotopic (exact) mass is 194 g/mol. The van der Waals surface area contributed by atoms with Crippen molar-refractivity contribution in [2.45, 2.75) is 51.1 Å². The van der Waals surface area contributed by atoms with Gasteiger partial charge in [-0.25, -0.2) is 0 Å². The van der Waals surface area contributed by atoms with E-state index in [-0.39, 0.29) is 0 Å². The van der Waals surface area contributed by atoms with Crippen molar-refractivity contribution in [3.05, 3.63) is 0 Å². The Hall–Kier alpha value is -0.520. The maximum Gasteiger partial charge on any atom is 0.0216 e. The van der Waals surface area contributed by atoms with Crippen LogP contribution in [0.25, 0.3) is 0 Å². The lowest BCUT2D eigenvalue weighted by Crippen LogP contribution is -2.39. The van der Waals surface area contributed by atoms with Gasteiger partial charge in [-0.2, -0.15) is 0 Å². The number of hydrogen-bond donors (Lipinski definition) is 1. The number of rotatable bonds is 3. The molecule has 0 atom stereocenters. The molecule has 14 heavy (non-hydrogen) atoms. The molecule has 2 heteroatoms. The van der Waals surface area contributed by atoms with Gasteiger partial charge in [0.1, 0.15) is 0 Å². The molecule has 0 aliphatic heterocycles. The van der Waals surface area contributed by atoms with Gasteiger partial charge in [0, 0.05) is 25.0 Å². The second-order valence-corrected chi connectivity index (χ2v) is 4.23. The van der Waals surface area contributed by atoms with Crippen LogP contribution in [-0.4, -0.2) is 30.6 Å². The molecule has 0 saturated heterocycles. The predicted molar refractivity (Wildman–Crippen MR) is 60.9 cm³/mol. The van der Waals surface area contributed by atoms with Crippen molar-refractivity contribution >= 4 is 0 Å². The molecular formula is C12H22N2. The second-order valence-electron chi connectivity index (χ2n) is 4.23. The molecule has 0 aromatic carbocycles. The summed E-state index contributed by atoms with van der Waals surface area (Å²) in [5.74, 6) is 6.05. The highest BCUT2D eigenvalue weighted by Crippen LogP contribution is 2.20. The number of nitrogens with zero attached hydrogens (tertiary/aromatic N) is 1. The highest BCUT2D eigenvalue weighted by molar-refractivity contribution is 4.95. The van der Waals surface area contributed by atoms with E-state index in [2.05, 4.69) is 23.8 Å². The summed E-state index contributed by atoms with van der Waals surface area (Å²) in [5.41, 5.74) is 5.88. The minimum atomic E-state index is 0.454. The van der Waals surface area contributed by atoms with Gasteiger partial charge in [-0.15, -0.1) is 11.8 Å². The molecule has 1 aliphatic carbocycles. The predicted octanol–water partition coefficient (Wildman–Crippen LogP) is 1.60. The molecule has 2 N–H and O–H groups in total. The first-order valence-corrected chi connectivity index (χ1v) is 5.59. The number of hydrogen-bond acceptors (Lipinski definition) is 2. The molecule has 1 fully saturated rings. The Labute approximate surface area is 87.8 Å². The van der Waals surface area contributed by atoms with E-state index < -0.39 is 0 Å². The Morgan fingerprint density at radius 2 is 1.93 bits per heavy atom. The van der Waals surface area contributed by atoms with Crippen LogP contribution in [0, 0.1) is 11.8 Å². The van der Waals surface area contributed by atoms with Crippen LogP contribution < -0.4 is 5.73 Å². The maximum atomic E-state index is 5.88. The van der Waals surface area contributed by atoms with Crippen molar-refractivity contribution in [1.29, 1.82) is 0 Å². The molecule has 0 aromatic rings. The molecule has 1 rings (SSSR count). The topological polar surface area (TPSA) is 29.3 Å². The number of nitrogens with two attached hydrogens (primary N) is 1. The van der Waals surface area contributed by atoms with Crippen LogP contribution >= 0.6 is 0 Å². The Balaban J connectivity index is 2.22. The van der Waals surface area contributed by atoms with Gasteiger partial charge in [0.25, 0.3) is 0 Å². The summed E-state index contributed by atoms with van der Waals surface area (Å²) in [6.45, 7) is 3.00. The molecule has 2 nitrogen and oxygen atoms in total. The summed E-state index contributed by atoms with van der Waals surface area (Å²) in [5, 5.41) is 0. The van der Waals surface area contributed by atoms with Crippen molar-refractivity contribution in [2.75, 3.05) is 13.6 Å². The van der Waals surface area contributed by atoms with Crippen molar-refractivity contribution in [3.8, 4) is 11.8 Å². The van der Waals surface area contributed by atoms with E-state index in [0.29, 0.717) is 6.04 Å². The summed E-state index contributed by atoms with van der Waals surface area (Å²) in [6.07, 6.45) is 5.90. The summed E-state index contributed by atoms with van der Waals surface area (Å²) in [6, 6.07) is 1.20. The van der Waals surface area contributed by atoms with E-state index in [1.807, 2.05) is 6.92 Å². The smallest absolute Gasteiger partial charge is 0.0216 e. The van der Waals surface area contributed by atoms with Crippen LogP contribution in [0.3, 0.4) is 0 Å². The Morgan fingerprint density at radius 3 is 2.50 bits per heavy atom. The van der Waals surface area contributed by atoms with Gasteiger partial charge in [-0.05, 0) is 39.7 Å². The van der Waals surface area contributed by atoms with Gasteiger partial charge in [-0.3, -0.25) is 0 Å². The highest BCUT2D eigenvalue weighted by Gasteiger charge is 2.21. The van der Waals surface area contributed by atoms with Crippen LogP contribution in [-0.2, 0) is 0 Å². The molecule has 0 unspecified atom stereocenters. The van der Waals surface area contributed by atoms with Gasteiger partial charge in [0.2, 0.25) is 0 Å². The zero-order valence-electron chi connectivity index (χ0n) is 9.42. The Morgan fingerprint density at radius 1 is 1.29 bits per heavy atom. The summed E-state index contributed by atoms with van der Waals surface area (Å²) in [4.78, 5) is 2.44. The third kappa shape index (κ3) is 3.69. The zero-order valence-corrected chi connectivity index (χ0v) is 9.42. The first-order chi connectivity index (χ1) is 6.74. The van der Waals surface area contributed by atoms with E-state index in [1.165, 1.54) is 25.7 Å². The standard InChI is InChI=1S/C12H22N2/c1-3-4-5-10-14(2)12-8-6-11(13)7-9-12/h11-12H,5-10,13H2,1-2H3. The first kappa shape index (κ1) is 11.6. The first-order valence-electron chi connectivity index (χ1n) is 5.59. The van der Waals surface area contributed by atoms with E-state index >= 15 is 0 Å². The van der Waals surface area contributed by atoms with Gasteiger partial charge in [-0.1, -0.05) is 0 Å². The largest absolute Gasteiger partial charge is 0.328 e. The van der Waals surface area contributed by atoms with Crippen LogP contribution in [0.5, 0.6) is 0 Å². The molecule has 0 aromatic heterocycles. The maximum absolute atomic E-state index is 5.88. The average Bonchev–Trinajstić information content (AvgIpc) is 2.19. The Kier molecular flexibility index (Phi) is 5.00. The lowest BCUT2D eigenvalue weighted by Gasteiger charge is -2.33. The van der Waals surface area contributed by atoms with Gasteiger partial charge < -0.3 is 10.6 Å². The lowest BCUT2D eigenvalue weighted by molar-refractivity contribution is 0.186. The van der Waals surface area contributed by atoms with E-state index in [9.17, 15) is 0 Å². The van der Waals surface area contributed by atoms with Crippen LogP contribution in [0.15, 0.2) is 0 Å². The molecule has 0 heterocycles. The third-order valence-corrected chi connectivity index (χ3v) is 3.13. The van der Waals surface area contributed by atoms with Crippen LogP contribution in [0.2, 0.25) is 0 Å². The fourth-order valence-electron chi connectivity index (χ4n) is 2.08. The molecular weight excluding hydrogens is 172 g/mol. The van der Waals surface area contributed by atoms with Crippen molar-refractivity contribution in [3.63, 3.8) is 0 Å². The van der Waals surface area contributed by atoms with E-state index in [4.69, 9.17) is 5.73 Å². The molecule has 1 aliphatic rings.